The average Bonchev–Trinajstić information content (AvgIpc) is 2.45. The van der Waals surface area contributed by atoms with Gasteiger partial charge in [-0.2, -0.15) is 0 Å². The van der Waals surface area contributed by atoms with Gasteiger partial charge in [0.1, 0.15) is 5.75 Å². The summed E-state index contributed by atoms with van der Waals surface area (Å²) in [5.41, 5.74) is 2.09. The Labute approximate surface area is 125 Å². The minimum atomic E-state index is -0.374. The van der Waals surface area contributed by atoms with Crippen LogP contribution in [0.1, 0.15) is 37.0 Å². The summed E-state index contributed by atoms with van der Waals surface area (Å²) in [4.78, 5) is 11.7. The second kappa shape index (κ2) is 7.43. The largest absolute Gasteiger partial charge is 0.484 e. The maximum Gasteiger partial charge on any atom is 0.258 e. The van der Waals surface area contributed by atoms with E-state index in [1.165, 1.54) is 0 Å². The summed E-state index contributed by atoms with van der Waals surface area (Å²) in [6.07, 6.45) is 2.36. The standard InChI is InChI=1S/C16H23NO4/c1-11(9-20-2)17-16(19)10-21-13-6-7-14-12(8-13)4-3-5-15(14)18/h6-8,11,15,18H,3-5,9-10H2,1-2H3,(H,17,19). The van der Waals surface area contributed by atoms with E-state index in [9.17, 15) is 9.90 Å². The first-order chi connectivity index (χ1) is 10.1. The van der Waals surface area contributed by atoms with Crippen molar-refractivity contribution in [2.24, 2.45) is 0 Å². The quantitative estimate of drug-likeness (QED) is 0.836. The normalized spacial score (nSPS) is 18.7. The van der Waals surface area contributed by atoms with E-state index in [0.717, 1.165) is 30.4 Å². The van der Waals surface area contributed by atoms with E-state index >= 15 is 0 Å². The van der Waals surface area contributed by atoms with Crippen LogP contribution in [0, 0.1) is 0 Å². The number of carbonyl (C=O) groups excluding carboxylic acids is 1. The fourth-order valence-corrected chi connectivity index (χ4v) is 2.61. The van der Waals surface area contributed by atoms with E-state index in [-0.39, 0.29) is 24.7 Å². The lowest BCUT2D eigenvalue weighted by atomic mass is 9.89. The van der Waals surface area contributed by atoms with Gasteiger partial charge in [-0.1, -0.05) is 6.07 Å². The van der Waals surface area contributed by atoms with Crippen molar-refractivity contribution in [1.29, 1.82) is 0 Å². The van der Waals surface area contributed by atoms with Gasteiger partial charge in [0.25, 0.3) is 5.91 Å². The molecule has 2 N–H and O–H groups in total. The lowest BCUT2D eigenvalue weighted by Gasteiger charge is -2.21. The molecule has 0 heterocycles. The first-order valence-corrected chi connectivity index (χ1v) is 7.32. The highest BCUT2D eigenvalue weighted by Crippen LogP contribution is 2.31. The number of nitrogens with one attached hydrogen (secondary N) is 1. The van der Waals surface area contributed by atoms with E-state index in [1.54, 1.807) is 13.2 Å². The molecule has 5 heteroatoms. The summed E-state index contributed by atoms with van der Waals surface area (Å²) in [7, 11) is 1.60. The predicted molar refractivity (Wildman–Crippen MR) is 79.3 cm³/mol. The molecule has 1 aromatic rings. The molecule has 1 aromatic carbocycles. The molecule has 0 saturated carbocycles. The fraction of sp³-hybridized carbons (Fsp3) is 0.562. The van der Waals surface area contributed by atoms with Crippen LogP contribution in [0.25, 0.3) is 0 Å². The van der Waals surface area contributed by atoms with Crippen LogP contribution >= 0.6 is 0 Å². The molecule has 0 bridgehead atoms. The van der Waals surface area contributed by atoms with E-state index in [2.05, 4.69) is 5.32 Å². The molecule has 116 valence electrons. The third-order valence-electron chi connectivity index (χ3n) is 3.59. The zero-order valence-corrected chi connectivity index (χ0v) is 12.6. The first kappa shape index (κ1) is 15.8. The molecule has 21 heavy (non-hydrogen) atoms. The Morgan fingerprint density at radius 3 is 3.10 bits per heavy atom. The van der Waals surface area contributed by atoms with Crippen LogP contribution in [-0.2, 0) is 16.0 Å². The summed E-state index contributed by atoms with van der Waals surface area (Å²) >= 11 is 0. The van der Waals surface area contributed by atoms with E-state index < -0.39 is 0 Å². The Kier molecular flexibility index (Phi) is 5.59. The molecule has 0 radical (unpaired) electrons. The van der Waals surface area contributed by atoms with Crippen molar-refractivity contribution in [3.8, 4) is 5.75 Å². The first-order valence-electron chi connectivity index (χ1n) is 7.32. The number of fused-ring (bicyclic) bond motifs is 1. The third-order valence-corrected chi connectivity index (χ3v) is 3.59. The van der Waals surface area contributed by atoms with Crippen molar-refractivity contribution in [1.82, 2.24) is 5.32 Å². The Morgan fingerprint density at radius 1 is 1.52 bits per heavy atom. The minimum Gasteiger partial charge on any atom is -0.484 e. The molecule has 2 unspecified atom stereocenters. The number of ether oxygens (including phenoxy) is 2. The molecule has 0 fully saturated rings. The van der Waals surface area contributed by atoms with Gasteiger partial charge in [-0.15, -0.1) is 0 Å². The van der Waals surface area contributed by atoms with Crippen molar-refractivity contribution < 1.29 is 19.4 Å². The average molecular weight is 293 g/mol. The molecule has 0 aromatic heterocycles. The third kappa shape index (κ3) is 4.44. The van der Waals surface area contributed by atoms with Crippen LogP contribution in [0.4, 0.5) is 0 Å². The van der Waals surface area contributed by atoms with E-state index in [4.69, 9.17) is 9.47 Å². The second-order valence-electron chi connectivity index (χ2n) is 5.48. The van der Waals surface area contributed by atoms with E-state index in [0.29, 0.717) is 12.4 Å². The van der Waals surface area contributed by atoms with Gasteiger partial charge >= 0.3 is 0 Å². The SMILES string of the molecule is COCC(C)NC(=O)COc1ccc2c(c1)CCCC2O. The van der Waals surface area contributed by atoms with Crippen LogP contribution in [0.5, 0.6) is 5.75 Å². The Balaban J connectivity index is 1.88. The number of carbonyl (C=O) groups is 1. The predicted octanol–water partition coefficient (Wildman–Crippen LogP) is 1.59. The monoisotopic (exact) mass is 293 g/mol. The van der Waals surface area contributed by atoms with Crippen LogP contribution in [0.3, 0.4) is 0 Å². The summed E-state index contributed by atoms with van der Waals surface area (Å²) in [5, 5.41) is 12.7. The summed E-state index contributed by atoms with van der Waals surface area (Å²) in [6.45, 7) is 2.33. The van der Waals surface area contributed by atoms with Gasteiger partial charge in [0.2, 0.25) is 0 Å². The molecule has 2 rings (SSSR count). The number of rotatable bonds is 6. The maximum atomic E-state index is 11.7. The van der Waals surface area contributed by atoms with Gasteiger partial charge in [0.05, 0.1) is 12.7 Å². The molecule has 0 spiro atoms. The number of hydrogen-bond acceptors (Lipinski definition) is 4. The summed E-state index contributed by atoms with van der Waals surface area (Å²) < 4.78 is 10.5. The van der Waals surface area contributed by atoms with Crippen LogP contribution in [0.2, 0.25) is 0 Å². The van der Waals surface area contributed by atoms with Gasteiger partial charge in [0, 0.05) is 13.2 Å². The number of aliphatic hydroxyl groups is 1. The molecule has 0 saturated heterocycles. The zero-order chi connectivity index (χ0) is 15.2. The Bertz CT molecular complexity index is 489. The molecular formula is C16H23NO4. The Morgan fingerprint density at radius 2 is 2.33 bits per heavy atom. The minimum absolute atomic E-state index is 0.0185. The van der Waals surface area contributed by atoms with Crippen molar-refractivity contribution in [3.05, 3.63) is 29.3 Å². The van der Waals surface area contributed by atoms with Crippen LogP contribution in [0.15, 0.2) is 18.2 Å². The molecule has 1 aliphatic carbocycles. The highest BCUT2D eigenvalue weighted by atomic mass is 16.5. The smallest absolute Gasteiger partial charge is 0.258 e. The number of hydrogen-bond donors (Lipinski definition) is 2. The van der Waals surface area contributed by atoms with Gasteiger partial charge < -0.3 is 19.9 Å². The summed E-state index contributed by atoms with van der Waals surface area (Å²) in [5.74, 6) is 0.495. The second-order valence-corrected chi connectivity index (χ2v) is 5.48. The van der Waals surface area contributed by atoms with Gasteiger partial charge in [0.15, 0.2) is 6.61 Å². The maximum absolute atomic E-state index is 11.7. The molecule has 5 nitrogen and oxygen atoms in total. The zero-order valence-electron chi connectivity index (χ0n) is 12.6. The highest BCUT2D eigenvalue weighted by Gasteiger charge is 2.18. The molecule has 1 amide bonds. The lowest BCUT2D eigenvalue weighted by molar-refractivity contribution is -0.124. The number of amides is 1. The lowest BCUT2D eigenvalue weighted by Crippen LogP contribution is -2.38. The number of benzene rings is 1. The van der Waals surface area contributed by atoms with Gasteiger partial charge in [-0.25, -0.2) is 0 Å². The molecule has 0 aliphatic heterocycles. The van der Waals surface area contributed by atoms with Crippen molar-refractivity contribution in [3.63, 3.8) is 0 Å². The molecular weight excluding hydrogens is 270 g/mol. The van der Waals surface area contributed by atoms with E-state index in [1.807, 2.05) is 19.1 Å². The van der Waals surface area contributed by atoms with Crippen molar-refractivity contribution in [2.45, 2.75) is 38.3 Å². The molecule has 2 atom stereocenters. The topological polar surface area (TPSA) is 67.8 Å². The summed E-state index contributed by atoms with van der Waals surface area (Å²) in [6, 6.07) is 5.58. The molecule has 1 aliphatic rings. The van der Waals surface area contributed by atoms with Crippen LogP contribution in [-0.4, -0.2) is 37.4 Å². The number of methoxy groups -OCH3 is 1. The Hall–Kier alpha value is -1.59. The van der Waals surface area contributed by atoms with Crippen LogP contribution < -0.4 is 10.1 Å². The van der Waals surface area contributed by atoms with Crippen molar-refractivity contribution in [2.75, 3.05) is 20.3 Å². The fourth-order valence-electron chi connectivity index (χ4n) is 2.61. The number of aliphatic hydroxyl groups excluding tert-OH is 1. The number of aryl methyl sites for hydroxylation is 1. The highest BCUT2D eigenvalue weighted by molar-refractivity contribution is 5.77. The van der Waals surface area contributed by atoms with Gasteiger partial charge in [-0.3, -0.25) is 4.79 Å². The van der Waals surface area contributed by atoms with Crippen molar-refractivity contribution >= 4 is 5.91 Å². The van der Waals surface area contributed by atoms with Gasteiger partial charge in [-0.05, 0) is 49.4 Å².